The molecule has 0 bridgehead atoms. The molecule has 3 heterocycles. The third kappa shape index (κ3) is 1.60. The molecule has 0 spiro atoms. The van der Waals surface area contributed by atoms with Gasteiger partial charge in [-0.15, -0.1) is 11.3 Å². The number of aromatic nitrogens is 1. The number of fused-ring (bicyclic) bond motifs is 1. The summed E-state index contributed by atoms with van der Waals surface area (Å²) in [4.78, 5) is 6.72. The Labute approximate surface area is 92.7 Å². The molecule has 1 aliphatic rings. The minimum absolute atomic E-state index is 1.07. The Morgan fingerprint density at radius 2 is 2.13 bits per heavy atom. The second-order valence-corrected chi connectivity index (χ2v) is 4.68. The summed E-state index contributed by atoms with van der Waals surface area (Å²) in [6, 6.07) is 2.19. The first-order valence-corrected chi connectivity index (χ1v) is 6.10. The number of nitrogens with one attached hydrogen (secondary N) is 1. The van der Waals surface area contributed by atoms with Gasteiger partial charge < -0.3 is 10.2 Å². The summed E-state index contributed by atoms with van der Waals surface area (Å²) in [6.45, 7) is 4.30. The van der Waals surface area contributed by atoms with E-state index in [1.807, 2.05) is 12.4 Å². The second-order valence-electron chi connectivity index (χ2n) is 3.73. The van der Waals surface area contributed by atoms with E-state index >= 15 is 0 Å². The Morgan fingerprint density at radius 1 is 1.27 bits per heavy atom. The van der Waals surface area contributed by atoms with E-state index in [-0.39, 0.29) is 0 Å². The average molecular weight is 219 g/mol. The van der Waals surface area contributed by atoms with Crippen molar-refractivity contribution in [3.63, 3.8) is 0 Å². The molecule has 0 saturated carbocycles. The minimum Gasteiger partial charge on any atom is -0.367 e. The predicted molar refractivity (Wildman–Crippen MR) is 64.7 cm³/mol. The fourth-order valence-corrected chi connectivity index (χ4v) is 2.81. The Hall–Kier alpha value is -1.13. The molecule has 1 N–H and O–H groups in total. The number of piperazine rings is 1. The Morgan fingerprint density at radius 3 is 3.00 bits per heavy atom. The van der Waals surface area contributed by atoms with E-state index < -0.39 is 0 Å². The molecule has 15 heavy (non-hydrogen) atoms. The van der Waals surface area contributed by atoms with Gasteiger partial charge in [0.25, 0.3) is 0 Å². The fourth-order valence-electron chi connectivity index (χ4n) is 2.04. The molecule has 2 aromatic heterocycles. The van der Waals surface area contributed by atoms with Crippen LogP contribution < -0.4 is 10.2 Å². The van der Waals surface area contributed by atoms with Crippen molar-refractivity contribution in [2.45, 2.75) is 0 Å². The maximum Gasteiger partial charge on any atom is 0.0641 e. The highest BCUT2D eigenvalue weighted by Gasteiger charge is 2.13. The van der Waals surface area contributed by atoms with Crippen molar-refractivity contribution in [3.8, 4) is 0 Å². The molecule has 3 nitrogen and oxygen atoms in total. The molecule has 1 aliphatic heterocycles. The molecule has 3 rings (SSSR count). The lowest BCUT2D eigenvalue weighted by atomic mass is 10.2. The quantitative estimate of drug-likeness (QED) is 0.791. The summed E-state index contributed by atoms with van der Waals surface area (Å²) in [5.74, 6) is 0. The van der Waals surface area contributed by atoms with Gasteiger partial charge in [-0.05, 0) is 11.4 Å². The van der Waals surface area contributed by atoms with Gasteiger partial charge in [0, 0.05) is 37.8 Å². The van der Waals surface area contributed by atoms with Crippen LogP contribution in [0.3, 0.4) is 0 Å². The number of thiophene rings is 1. The SMILES string of the molecule is c1cc2c(N3CCNCC3)cncc2s1. The van der Waals surface area contributed by atoms with Crippen LogP contribution >= 0.6 is 11.3 Å². The lowest BCUT2D eigenvalue weighted by molar-refractivity contribution is 0.590. The summed E-state index contributed by atoms with van der Waals surface area (Å²) in [7, 11) is 0. The van der Waals surface area contributed by atoms with Crippen LogP contribution in [0.4, 0.5) is 5.69 Å². The summed E-state index contributed by atoms with van der Waals surface area (Å²) < 4.78 is 1.28. The zero-order valence-electron chi connectivity index (χ0n) is 8.44. The monoisotopic (exact) mass is 219 g/mol. The molecule has 0 aromatic carbocycles. The van der Waals surface area contributed by atoms with Gasteiger partial charge in [-0.3, -0.25) is 4.98 Å². The van der Waals surface area contributed by atoms with E-state index in [9.17, 15) is 0 Å². The third-order valence-electron chi connectivity index (χ3n) is 2.82. The van der Waals surface area contributed by atoms with Gasteiger partial charge in [0.15, 0.2) is 0 Å². The van der Waals surface area contributed by atoms with E-state index in [1.165, 1.54) is 15.8 Å². The third-order valence-corrected chi connectivity index (χ3v) is 3.67. The van der Waals surface area contributed by atoms with Crippen molar-refractivity contribution in [1.82, 2.24) is 10.3 Å². The summed E-state index contributed by atoms with van der Waals surface area (Å²) >= 11 is 1.76. The summed E-state index contributed by atoms with van der Waals surface area (Å²) in [6.07, 6.45) is 3.94. The topological polar surface area (TPSA) is 28.2 Å². The number of anilines is 1. The van der Waals surface area contributed by atoms with Crippen LogP contribution in [0.1, 0.15) is 0 Å². The van der Waals surface area contributed by atoms with Gasteiger partial charge in [-0.1, -0.05) is 0 Å². The molecule has 78 valence electrons. The summed E-state index contributed by atoms with van der Waals surface area (Å²) in [5.41, 5.74) is 1.29. The second kappa shape index (κ2) is 3.79. The van der Waals surface area contributed by atoms with Crippen LogP contribution in [-0.4, -0.2) is 31.2 Å². The molecular formula is C11H13N3S. The van der Waals surface area contributed by atoms with Crippen molar-refractivity contribution in [2.24, 2.45) is 0 Å². The maximum absolute atomic E-state index is 4.31. The van der Waals surface area contributed by atoms with Crippen LogP contribution in [0.5, 0.6) is 0 Å². The smallest absolute Gasteiger partial charge is 0.0641 e. The van der Waals surface area contributed by atoms with Crippen LogP contribution in [0, 0.1) is 0 Å². The Balaban J connectivity index is 2.05. The number of hydrogen-bond donors (Lipinski definition) is 1. The molecule has 0 amide bonds. The zero-order chi connectivity index (χ0) is 10.1. The molecule has 2 aromatic rings. The van der Waals surface area contributed by atoms with Crippen molar-refractivity contribution in [3.05, 3.63) is 23.8 Å². The number of nitrogens with zero attached hydrogens (tertiary/aromatic N) is 2. The van der Waals surface area contributed by atoms with Gasteiger partial charge in [0.1, 0.15) is 0 Å². The van der Waals surface area contributed by atoms with Crippen LogP contribution in [0.25, 0.3) is 10.1 Å². The highest BCUT2D eigenvalue weighted by molar-refractivity contribution is 7.17. The zero-order valence-corrected chi connectivity index (χ0v) is 9.26. The van der Waals surface area contributed by atoms with Gasteiger partial charge in [-0.25, -0.2) is 0 Å². The molecule has 0 aliphatic carbocycles. The molecule has 4 heteroatoms. The molecular weight excluding hydrogens is 206 g/mol. The van der Waals surface area contributed by atoms with Gasteiger partial charge in [0.2, 0.25) is 0 Å². The summed E-state index contributed by atoms with van der Waals surface area (Å²) in [5, 5.41) is 6.85. The first-order chi connectivity index (χ1) is 7.45. The Bertz CT molecular complexity index is 460. The molecule has 0 atom stereocenters. The van der Waals surface area contributed by atoms with E-state index in [0.29, 0.717) is 0 Å². The molecule has 0 unspecified atom stereocenters. The van der Waals surface area contributed by atoms with Crippen molar-refractivity contribution >= 4 is 27.1 Å². The number of hydrogen-bond acceptors (Lipinski definition) is 4. The molecule has 1 saturated heterocycles. The minimum atomic E-state index is 1.07. The van der Waals surface area contributed by atoms with E-state index in [0.717, 1.165) is 26.2 Å². The molecule has 0 radical (unpaired) electrons. The number of pyridine rings is 1. The van der Waals surface area contributed by atoms with E-state index in [2.05, 4.69) is 26.6 Å². The van der Waals surface area contributed by atoms with Gasteiger partial charge in [-0.2, -0.15) is 0 Å². The highest BCUT2D eigenvalue weighted by atomic mass is 32.1. The van der Waals surface area contributed by atoms with E-state index in [1.54, 1.807) is 11.3 Å². The van der Waals surface area contributed by atoms with Gasteiger partial charge in [0.05, 0.1) is 16.6 Å². The Kier molecular flexibility index (Phi) is 2.31. The van der Waals surface area contributed by atoms with Crippen LogP contribution in [0.2, 0.25) is 0 Å². The fraction of sp³-hybridized carbons (Fsp3) is 0.364. The van der Waals surface area contributed by atoms with Crippen molar-refractivity contribution in [2.75, 3.05) is 31.1 Å². The van der Waals surface area contributed by atoms with Gasteiger partial charge >= 0.3 is 0 Å². The highest BCUT2D eigenvalue weighted by Crippen LogP contribution is 2.29. The van der Waals surface area contributed by atoms with Crippen molar-refractivity contribution in [1.29, 1.82) is 0 Å². The van der Waals surface area contributed by atoms with Crippen molar-refractivity contribution < 1.29 is 0 Å². The number of rotatable bonds is 1. The van der Waals surface area contributed by atoms with Crippen LogP contribution in [-0.2, 0) is 0 Å². The first kappa shape index (κ1) is 9.12. The molecule has 1 fully saturated rings. The lowest BCUT2D eigenvalue weighted by Gasteiger charge is -2.29. The van der Waals surface area contributed by atoms with E-state index in [4.69, 9.17) is 0 Å². The maximum atomic E-state index is 4.31. The standard InChI is InChI=1S/C11H13N3S/c1-6-15-11-8-13-7-10(9(1)11)14-4-2-12-3-5-14/h1,6-8,12H,2-5H2. The average Bonchev–Trinajstić information content (AvgIpc) is 2.78. The predicted octanol–water partition coefficient (Wildman–Crippen LogP) is 1.71. The normalized spacial score (nSPS) is 17.2. The first-order valence-electron chi connectivity index (χ1n) is 5.22. The lowest BCUT2D eigenvalue weighted by Crippen LogP contribution is -2.43. The largest absolute Gasteiger partial charge is 0.367 e. The van der Waals surface area contributed by atoms with Crippen LogP contribution in [0.15, 0.2) is 23.8 Å².